The number of halogens is 2. The lowest BCUT2D eigenvalue weighted by molar-refractivity contribution is -0.870. The number of carbonyl (C=O) groups excluding carboxylic acids is 7. The van der Waals surface area contributed by atoms with Crippen molar-refractivity contribution in [3.05, 3.63) is 40.4 Å². The number of carbonyl (C=O) groups is 7. The highest BCUT2D eigenvalue weighted by Gasteiger charge is 2.54. The summed E-state index contributed by atoms with van der Waals surface area (Å²) in [4.78, 5) is 111. The van der Waals surface area contributed by atoms with Gasteiger partial charge in [0.05, 0.1) is 40.2 Å². The maximum atomic E-state index is 17.1. The SMILES string of the molecule is CCCC1=CC(CCC(=O)NC(CS(=O)(=O)O)C(=O)CCCCCC(=O)CC(COP(=O)(O)O)C(=O)NCCCCC(=O)ON2C(=O)CCC2=O)=[N+]2C1=Cc1c(CCC)cc(CCC[N+](C)(C)C)n1[B-]2(F)F. The molecule has 0 aliphatic carbocycles. The van der Waals surface area contributed by atoms with E-state index >= 15 is 8.63 Å². The fraction of sp³-hybridized carbons (Fsp3) is 0.652. The van der Waals surface area contributed by atoms with Crippen LogP contribution in [-0.4, -0.2) is 148 Å². The van der Waals surface area contributed by atoms with Crippen molar-refractivity contribution in [2.24, 2.45) is 5.92 Å². The zero-order valence-electron chi connectivity index (χ0n) is 41.9. The molecule has 4 heterocycles. The van der Waals surface area contributed by atoms with Crippen LogP contribution in [0.4, 0.5) is 8.63 Å². The number of phosphoric acid groups is 1. The Morgan fingerprint density at radius 3 is 2.17 bits per heavy atom. The molecule has 1 fully saturated rings. The fourth-order valence-corrected chi connectivity index (χ4v) is 9.99. The first-order chi connectivity index (χ1) is 33.6. The molecule has 4 amide bonds. The van der Waals surface area contributed by atoms with E-state index in [9.17, 15) is 60.9 Å². The molecular weight excluding hydrogens is 988 g/mol. The van der Waals surface area contributed by atoms with Crippen molar-refractivity contribution >= 4 is 77.9 Å². The lowest BCUT2D eigenvalue weighted by atomic mass is 9.88. The van der Waals surface area contributed by atoms with Crippen LogP contribution in [0.2, 0.25) is 0 Å². The molecule has 26 heteroatoms. The molecule has 4 rings (SSSR count). The summed E-state index contributed by atoms with van der Waals surface area (Å²) >= 11 is 0. The van der Waals surface area contributed by atoms with Gasteiger partial charge in [-0.15, -0.1) is 5.06 Å². The highest BCUT2D eigenvalue weighted by Crippen LogP contribution is 2.40. The van der Waals surface area contributed by atoms with E-state index in [0.29, 0.717) is 64.3 Å². The molecule has 0 aromatic carbocycles. The summed E-state index contributed by atoms with van der Waals surface area (Å²) in [6, 6.07) is 0.223. The monoisotopic (exact) mass is 1060 g/mol. The number of ketones is 2. The minimum Gasteiger partial charge on any atom is -0.394 e. The number of Topliss-reactive ketones (excluding diaryl/α,β-unsaturated/α-hetero) is 2. The Bertz CT molecular complexity index is 2450. The number of fused-ring (bicyclic) bond motifs is 2. The third-order valence-electron chi connectivity index (χ3n) is 12.4. The number of hydrogen-bond acceptors (Lipinski definition) is 12. The summed E-state index contributed by atoms with van der Waals surface area (Å²) in [5.74, 6) is -7.30. The van der Waals surface area contributed by atoms with Crippen LogP contribution in [0.25, 0.3) is 6.08 Å². The van der Waals surface area contributed by atoms with Gasteiger partial charge in [0.2, 0.25) is 11.8 Å². The average molecular weight is 1060 g/mol. The maximum absolute atomic E-state index is 17.1. The van der Waals surface area contributed by atoms with Crippen molar-refractivity contribution in [1.29, 1.82) is 0 Å². The lowest BCUT2D eigenvalue weighted by Gasteiger charge is -2.32. The first-order valence-electron chi connectivity index (χ1n) is 24.6. The number of quaternary nitrogens is 1. The number of hydrogen-bond donors (Lipinski definition) is 5. The Labute approximate surface area is 419 Å². The van der Waals surface area contributed by atoms with E-state index in [-0.39, 0.29) is 89.3 Å². The predicted molar refractivity (Wildman–Crippen MR) is 260 cm³/mol. The van der Waals surface area contributed by atoms with Gasteiger partial charge in [-0.1, -0.05) is 33.1 Å². The number of amides is 4. The van der Waals surface area contributed by atoms with Gasteiger partial charge in [0.25, 0.3) is 21.9 Å². The number of hydroxylamine groups is 2. The second kappa shape index (κ2) is 26.4. The van der Waals surface area contributed by atoms with Gasteiger partial charge in [0.15, 0.2) is 11.5 Å². The van der Waals surface area contributed by atoms with E-state index in [1.54, 1.807) is 6.08 Å². The van der Waals surface area contributed by atoms with Crippen molar-refractivity contribution in [3.8, 4) is 0 Å². The van der Waals surface area contributed by atoms with E-state index in [1.807, 2.05) is 47.1 Å². The summed E-state index contributed by atoms with van der Waals surface area (Å²) in [7, 11) is -3.68. The molecule has 1 aromatic heterocycles. The number of allylic oxidation sites excluding steroid dienone is 2. The van der Waals surface area contributed by atoms with Crippen molar-refractivity contribution < 1.29 is 87.8 Å². The molecule has 0 bridgehead atoms. The minimum absolute atomic E-state index is 0.0112. The van der Waals surface area contributed by atoms with E-state index in [1.165, 1.54) is 0 Å². The lowest BCUT2D eigenvalue weighted by Crippen LogP contribution is -2.51. The molecule has 5 N–H and O–H groups in total. The van der Waals surface area contributed by atoms with Crippen molar-refractivity contribution in [2.45, 2.75) is 142 Å². The zero-order chi connectivity index (χ0) is 53.6. The largest absolute Gasteiger partial charge is 0.737 e. The molecule has 0 radical (unpaired) electrons. The molecule has 2 atom stereocenters. The van der Waals surface area contributed by atoms with Gasteiger partial charge >= 0.3 is 20.8 Å². The normalized spacial score (nSPS) is 16.5. The van der Waals surface area contributed by atoms with Gasteiger partial charge < -0.3 is 47.3 Å². The first-order valence-corrected chi connectivity index (χ1v) is 27.7. The third kappa shape index (κ3) is 18.3. The molecule has 21 nitrogen and oxygen atoms in total. The van der Waals surface area contributed by atoms with Crippen molar-refractivity contribution in [2.75, 3.05) is 46.6 Å². The van der Waals surface area contributed by atoms with Crippen LogP contribution in [0.3, 0.4) is 0 Å². The minimum atomic E-state index is -5.03. The van der Waals surface area contributed by atoms with Gasteiger partial charge in [-0.2, -0.15) is 8.42 Å². The summed E-state index contributed by atoms with van der Waals surface area (Å²) < 4.78 is 86.5. The van der Waals surface area contributed by atoms with E-state index in [2.05, 4.69) is 15.2 Å². The van der Waals surface area contributed by atoms with Crippen LogP contribution < -0.4 is 10.6 Å². The summed E-state index contributed by atoms with van der Waals surface area (Å²) in [6.07, 6.45) is 6.47. The van der Waals surface area contributed by atoms with Crippen LogP contribution in [0.15, 0.2) is 23.4 Å². The zero-order valence-corrected chi connectivity index (χ0v) is 43.6. The summed E-state index contributed by atoms with van der Waals surface area (Å²) in [5.41, 5.74) is 3.15. The molecule has 0 saturated carbocycles. The summed E-state index contributed by atoms with van der Waals surface area (Å²) in [5, 5.41) is 5.30. The molecule has 0 spiro atoms. The second-order valence-corrected chi connectivity index (χ2v) is 22.3. The van der Waals surface area contributed by atoms with Crippen LogP contribution in [-0.2, 0) is 70.4 Å². The molecule has 1 aromatic rings. The summed E-state index contributed by atoms with van der Waals surface area (Å²) in [6.45, 7) is -0.481. The second-order valence-electron chi connectivity index (χ2n) is 19.6. The predicted octanol–water partition coefficient (Wildman–Crippen LogP) is 4.10. The van der Waals surface area contributed by atoms with E-state index in [4.69, 9.17) is 4.84 Å². The highest BCUT2D eigenvalue weighted by atomic mass is 32.2. The topological polar surface area (TPSA) is 285 Å². The number of imide groups is 1. The molecule has 1 saturated heterocycles. The molecule has 3 aliphatic heterocycles. The standard InChI is InChI=1S/C46H70BF2N6O15PS/c1-6-14-32-26-35(16-13-25-55(3,4)5)52-39(32)29-40-33(15-7-2)27-36(53(40)47(52,48)49)20-21-42(58)51-38(31-72(66,67)68)41(57)18-10-8-9-17-37(56)28-34(30-69-71(63,64)65)46(62)50-24-12-11-19-45(61)70-54-43(59)22-23-44(54)60/h26-27,29,34,38H,6-25,28,30-31H2,1-5H3,(H4-,50,51,58,62,63,64,65,66,67,68)/p+1. The number of nitrogens with one attached hydrogen (secondary N) is 2. The number of aryl methyl sites for hydroxylation is 2. The maximum Gasteiger partial charge on any atom is 0.737 e. The molecule has 402 valence electrons. The number of nitrogens with zero attached hydrogens (tertiary/aromatic N) is 4. The number of rotatable bonds is 33. The Morgan fingerprint density at radius 2 is 1.54 bits per heavy atom. The van der Waals surface area contributed by atoms with Gasteiger partial charge in [-0.05, 0) is 62.3 Å². The fourth-order valence-electron chi connectivity index (χ4n) is 8.92. The third-order valence-corrected chi connectivity index (χ3v) is 13.6. The number of unbranched alkanes of at least 4 members (excludes halogenated alkanes) is 3. The molecule has 72 heavy (non-hydrogen) atoms. The van der Waals surface area contributed by atoms with Gasteiger partial charge in [-0.25, -0.2) is 9.36 Å². The Balaban J connectivity index is 1.31. The number of aromatic nitrogens is 1. The Kier molecular flexibility index (Phi) is 22.0. The highest BCUT2D eigenvalue weighted by molar-refractivity contribution is 7.85. The smallest absolute Gasteiger partial charge is 0.394 e. The van der Waals surface area contributed by atoms with Crippen LogP contribution in [0, 0.1) is 5.92 Å². The van der Waals surface area contributed by atoms with Crippen LogP contribution in [0.5, 0.6) is 0 Å². The van der Waals surface area contributed by atoms with Crippen molar-refractivity contribution in [3.63, 3.8) is 0 Å². The van der Waals surface area contributed by atoms with Crippen molar-refractivity contribution in [1.82, 2.24) is 20.2 Å². The Morgan fingerprint density at radius 1 is 0.889 bits per heavy atom. The van der Waals surface area contributed by atoms with Gasteiger partial charge in [-0.3, -0.25) is 37.8 Å². The quantitative estimate of drug-likeness (QED) is 0.0165. The average Bonchev–Trinajstić information content (AvgIpc) is 3.92. The van der Waals surface area contributed by atoms with E-state index < -0.39 is 96.8 Å². The van der Waals surface area contributed by atoms with Gasteiger partial charge in [0.1, 0.15) is 23.3 Å². The Hall–Kier alpha value is -4.78. The van der Waals surface area contributed by atoms with E-state index in [0.717, 1.165) is 27.5 Å². The van der Waals surface area contributed by atoms with Crippen LogP contribution in [0.1, 0.15) is 140 Å². The van der Waals surface area contributed by atoms with Crippen LogP contribution >= 0.6 is 7.82 Å². The molecule has 3 aliphatic rings. The first kappa shape index (κ1) is 59.8. The number of phosphoric ester groups is 1. The molecule has 2 unspecified atom stereocenters. The van der Waals surface area contributed by atoms with Gasteiger partial charge in [0, 0.05) is 87.8 Å². The molecular formula is C46H71BF2N6O15PS+.